The van der Waals surface area contributed by atoms with E-state index in [2.05, 4.69) is 54.5 Å². The molecule has 0 spiro atoms. The summed E-state index contributed by atoms with van der Waals surface area (Å²) >= 11 is 3.06. The molecule has 1 aromatic carbocycles. The van der Waals surface area contributed by atoms with Gasteiger partial charge in [0.15, 0.2) is 0 Å². The van der Waals surface area contributed by atoms with Gasteiger partial charge in [0.25, 0.3) is 0 Å². The number of nitrogens with one attached hydrogen (secondary N) is 1. The average molecular weight is 335 g/mol. The van der Waals surface area contributed by atoms with Gasteiger partial charge in [0.1, 0.15) is 5.01 Å². The van der Waals surface area contributed by atoms with Gasteiger partial charge in [-0.2, -0.15) is 0 Å². The highest BCUT2D eigenvalue weighted by atomic mass is 32.2. The van der Waals surface area contributed by atoms with Gasteiger partial charge in [-0.3, -0.25) is 10.1 Å². The van der Waals surface area contributed by atoms with E-state index >= 15 is 0 Å². The monoisotopic (exact) mass is 335 g/mol. The van der Waals surface area contributed by atoms with Crippen LogP contribution in [0.2, 0.25) is 0 Å². The number of amides is 1. The Morgan fingerprint density at radius 1 is 1.36 bits per heavy atom. The van der Waals surface area contributed by atoms with Crippen LogP contribution >= 0.6 is 23.1 Å². The number of rotatable bonds is 7. The Labute approximate surface area is 139 Å². The first-order valence-corrected chi connectivity index (χ1v) is 9.25. The van der Waals surface area contributed by atoms with Crippen molar-refractivity contribution in [1.82, 2.24) is 10.2 Å². The number of hydrogen-bond donors (Lipinski definition) is 1. The van der Waals surface area contributed by atoms with Crippen LogP contribution in [0, 0.1) is 12.8 Å². The van der Waals surface area contributed by atoms with Gasteiger partial charge in [-0.1, -0.05) is 55.0 Å². The number of aromatic nitrogens is 2. The van der Waals surface area contributed by atoms with Crippen LogP contribution in [0.5, 0.6) is 0 Å². The van der Waals surface area contributed by atoms with Crippen molar-refractivity contribution in [1.29, 1.82) is 0 Å². The quantitative estimate of drug-likeness (QED) is 0.833. The molecule has 0 saturated carbocycles. The first kappa shape index (κ1) is 17.0. The smallest absolute Gasteiger partial charge is 0.236 e. The highest BCUT2D eigenvalue weighted by molar-refractivity contribution is 7.99. The lowest BCUT2D eigenvalue weighted by Gasteiger charge is -2.03. The van der Waals surface area contributed by atoms with Crippen LogP contribution in [0.15, 0.2) is 24.3 Å². The number of aryl methyl sites for hydroxylation is 1. The van der Waals surface area contributed by atoms with Crippen molar-refractivity contribution in [2.75, 3.05) is 11.1 Å². The summed E-state index contributed by atoms with van der Waals surface area (Å²) in [6.45, 7) is 6.36. The maximum absolute atomic E-state index is 11.9. The van der Waals surface area contributed by atoms with Gasteiger partial charge in [-0.15, -0.1) is 22.0 Å². The molecule has 0 saturated heterocycles. The van der Waals surface area contributed by atoms with E-state index in [0.717, 1.165) is 17.2 Å². The lowest BCUT2D eigenvalue weighted by atomic mass is 10.1. The number of nitrogens with zero attached hydrogens (tertiary/aromatic N) is 2. The summed E-state index contributed by atoms with van der Waals surface area (Å²) in [6.07, 6.45) is 0.898. The van der Waals surface area contributed by atoms with Crippen LogP contribution in [-0.2, 0) is 17.0 Å². The van der Waals surface area contributed by atoms with E-state index in [-0.39, 0.29) is 5.91 Å². The zero-order chi connectivity index (χ0) is 15.9. The third-order valence-electron chi connectivity index (χ3n) is 2.88. The van der Waals surface area contributed by atoms with Gasteiger partial charge in [0.2, 0.25) is 11.0 Å². The fourth-order valence-corrected chi connectivity index (χ4v) is 3.70. The summed E-state index contributed by atoms with van der Waals surface area (Å²) < 4.78 is 0. The van der Waals surface area contributed by atoms with E-state index in [9.17, 15) is 4.79 Å². The van der Waals surface area contributed by atoms with Gasteiger partial charge in [-0.05, 0) is 18.4 Å². The van der Waals surface area contributed by atoms with Crippen molar-refractivity contribution < 1.29 is 4.79 Å². The second-order valence-electron chi connectivity index (χ2n) is 5.63. The number of carbonyl (C=O) groups is 1. The van der Waals surface area contributed by atoms with E-state index in [0.29, 0.717) is 16.8 Å². The maximum Gasteiger partial charge on any atom is 0.236 e. The van der Waals surface area contributed by atoms with Crippen molar-refractivity contribution in [2.24, 2.45) is 5.92 Å². The predicted octanol–water partition coefficient (Wildman–Crippen LogP) is 3.92. The molecule has 22 heavy (non-hydrogen) atoms. The predicted molar refractivity (Wildman–Crippen MR) is 94.4 cm³/mol. The van der Waals surface area contributed by atoms with Crippen molar-refractivity contribution >= 4 is 34.1 Å². The minimum Gasteiger partial charge on any atom is -0.300 e. The van der Waals surface area contributed by atoms with Crippen LogP contribution in [0.25, 0.3) is 0 Å². The maximum atomic E-state index is 11.9. The molecule has 1 N–H and O–H groups in total. The van der Waals surface area contributed by atoms with E-state index < -0.39 is 0 Å². The van der Waals surface area contributed by atoms with E-state index in [4.69, 9.17) is 0 Å². The summed E-state index contributed by atoms with van der Waals surface area (Å²) in [5.74, 6) is 1.78. The fourth-order valence-electron chi connectivity index (χ4n) is 1.95. The van der Waals surface area contributed by atoms with Gasteiger partial charge in [0, 0.05) is 12.2 Å². The molecule has 0 radical (unpaired) electrons. The molecular weight excluding hydrogens is 314 g/mol. The molecule has 0 aliphatic carbocycles. The molecule has 118 valence electrons. The highest BCUT2D eigenvalue weighted by Crippen LogP contribution is 2.19. The molecule has 2 aromatic rings. The van der Waals surface area contributed by atoms with Crippen molar-refractivity contribution in [2.45, 2.75) is 32.9 Å². The van der Waals surface area contributed by atoms with Crippen molar-refractivity contribution in [3.8, 4) is 0 Å². The van der Waals surface area contributed by atoms with Gasteiger partial charge < -0.3 is 0 Å². The fraction of sp³-hybridized carbons (Fsp3) is 0.438. The van der Waals surface area contributed by atoms with Gasteiger partial charge >= 0.3 is 0 Å². The van der Waals surface area contributed by atoms with E-state index in [1.807, 2.05) is 6.07 Å². The Morgan fingerprint density at radius 3 is 2.91 bits per heavy atom. The minimum absolute atomic E-state index is 0.0232. The molecule has 4 nitrogen and oxygen atoms in total. The average Bonchev–Trinajstić information content (AvgIpc) is 2.85. The Hall–Kier alpha value is -1.40. The first-order valence-electron chi connectivity index (χ1n) is 7.28. The lowest BCUT2D eigenvalue weighted by Crippen LogP contribution is -2.14. The second kappa shape index (κ2) is 8.29. The van der Waals surface area contributed by atoms with Crippen LogP contribution in [0.4, 0.5) is 5.13 Å². The van der Waals surface area contributed by atoms with Crippen molar-refractivity contribution in [3.05, 3.63) is 40.4 Å². The Morgan fingerprint density at radius 2 is 2.18 bits per heavy atom. The molecule has 0 aliphatic heterocycles. The summed E-state index contributed by atoms with van der Waals surface area (Å²) in [6, 6.07) is 8.35. The summed E-state index contributed by atoms with van der Waals surface area (Å²) in [5.41, 5.74) is 2.49. The number of anilines is 1. The lowest BCUT2D eigenvalue weighted by molar-refractivity contribution is -0.113. The number of carbonyl (C=O) groups excluding carboxylic acids is 1. The van der Waals surface area contributed by atoms with E-state index in [1.165, 1.54) is 22.5 Å². The zero-order valence-electron chi connectivity index (χ0n) is 13.1. The van der Waals surface area contributed by atoms with Crippen LogP contribution in [0.3, 0.4) is 0 Å². The normalized spacial score (nSPS) is 10.9. The molecule has 1 aromatic heterocycles. The molecule has 0 aliphatic rings. The van der Waals surface area contributed by atoms with E-state index in [1.54, 1.807) is 11.8 Å². The standard InChI is InChI=1S/C16H21N3OS2/c1-11(2)7-15-18-19-16(22-15)17-14(20)10-21-9-13-6-4-5-12(3)8-13/h4-6,8,11H,7,9-10H2,1-3H3,(H,17,19,20). The summed E-state index contributed by atoms with van der Waals surface area (Å²) in [4.78, 5) is 11.9. The number of benzene rings is 1. The topological polar surface area (TPSA) is 54.9 Å². The molecule has 0 atom stereocenters. The third-order valence-corrected chi connectivity index (χ3v) is 4.75. The van der Waals surface area contributed by atoms with Crippen LogP contribution < -0.4 is 5.32 Å². The zero-order valence-corrected chi connectivity index (χ0v) is 14.8. The van der Waals surface area contributed by atoms with Crippen LogP contribution in [0.1, 0.15) is 30.0 Å². The molecule has 0 unspecified atom stereocenters. The Kier molecular flexibility index (Phi) is 6.39. The van der Waals surface area contributed by atoms with Gasteiger partial charge in [-0.25, -0.2) is 0 Å². The largest absolute Gasteiger partial charge is 0.300 e. The Bertz CT molecular complexity index is 625. The number of hydrogen-bond acceptors (Lipinski definition) is 5. The molecular formula is C16H21N3OS2. The third kappa shape index (κ3) is 5.77. The summed E-state index contributed by atoms with van der Waals surface area (Å²) in [5, 5.41) is 12.5. The molecule has 6 heteroatoms. The molecule has 2 rings (SSSR count). The molecule has 1 amide bonds. The van der Waals surface area contributed by atoms with Gasteiger partial charge in [0.05, 0.1) is 5.75 Å². The summed E-state index contributed by atoms with van der Waals surface area (Å²) in [7, 11) is 0. The Balaban J connectivity index is 1.74. The highest BCUT2D eigenvalue weighted by Gasteiger charge is 2.09. The van der Waals surface area contributed by atoms with Crippen molar-refractivity contribution in [3.63, 3.8) is 0 Å². The first-order chi connectivity index (χ1) is 10.5. The second-order valence-corrected chi connectivity index (χ2v) is 7.68. The number of thioether (sulfide) groups is 1. The molecule has 1 heterocycles. The molecule has 0 fully saturated rings. The van der Waals surface area contributed by atoms with Crippen LogP contribution in [-0.4, -0.2) is 21.9 Å². The molecule has 0 bridgehead atoms. The SMILES string of the molecule is Cc1cccc(CSCC(=O)Nc2nnc(CC(C)C)s2)c1. The minimum atomic E-state index is -0.0232.